The summed E-state index contributed by atoms with van der Waals surface area (Å²) in [7, 11) is 0. The fourth-order valence-corrected chi connectivity index (χ4v) is 1.46. The van der Waals surface area contributed by atoms with Crippen molar-refractivity contribution in [2.45, 2.75) is 18.6 Å². The molecule has 1 N–H and O–H groups in total. The number of thiol groups is 1. The second-order valence-electron chi connectivity index (χ2n) is 3.69. The number of benzene rings is 1. The molecule has 2 nitrogen and oxygen atoms in total. The molecule has 2 aromatic rings. The topological polar surface area (TPSA) is 28.7 Å². The molecular weight excluding hydrogens is 180 g/mol. The predicted molar refractivity (Wildman–Crippen MR) is 58.1 cm³/mol. The third kappa shape index (κ3) is 1.56. The van der Waals surface area contributed by atoms with Crippen LogP contribution in [-0.2, 0) is 4.75 Å². The van der Waals surface area contributed by atoms with Crippen molar-refractivity contribution in [1.29, 1.82) is 0 Å². The normalized spacial score (nSPS) is 12.2. The van der Waals surface area contributed by atoms with Gasteiger partial charge in [0, 0.05) is 4.75 Å². The second-order valence-corrected chi connectivity index (χ2v) is 4.81. The highest BCUT2D eigenvalue weighted by Gasteiger charge is 2.14. The van der Waals surface area contributed by atoms with Crippen LogP contribution in [0.15, 0.2) is 24.5 Å². The van der Waals surface area contributed by atoms with Crippen LogP contribution < -0.4 is 0 Å². The van der Waals surface area contributed by atoms with Crippen LogP contribution in [0.5, 0.6) is 0 Å². The van der Waals surface area contributed by atoms with Crippen LogP contribution in [0.25, 0.3) is 11.0 Å². The maximum absolute atomic E-state index is 4.52. The number of hydrogen-bond donors (Lipinski definition) is 2. The highest BCUT2D eigenvalue weighted by Crippen LogP contribution is 2.28. The van der Waals surface area contributed by atoms with Gasteiger partial charge in [0.2, 0.25) is 0 Å². The number of rotatable bonds is 1. The molecule has 1 aromatic carbocycles. The van der Waals surface area contributed by atoms with Crippen molar-refractivity contribution in [3.05, 3.63) is 30.1 Å². The summed E-state index contributed by atoms with van der Waals surface area (Å²) in [4.78, 5) is 7.25. The number of imidazole rings is 1. The minimum absolute atomic E-state index is 0.0979. The molecule has 3 heteroatoms. The number of hydrogen-bond acceptors (Lipinski definition) is 2. The number of nitrogens with one attached hydrogen (secondary N) is 1. The molecule has 1 aromatic heterocycles. The second kappa shape index (κ2) is 2.77. The maximum atomic E-state index is 4.52. The van der Waals surface area contributed by atoms with Crippen LogP contribution in [-0.4, -0.2) is 9.97 Å². The molecular formula is C10H12N2S. The number of aromatic nitrogens is 2. The first kappa shape index (κ1) is 8.63. The number of fused-ring (bicyclic) bond motifs is 1. The molecule has 0 saturated heterocycles. The van der Waals surface area contributed by atoms with E-state index < -0.39 is 0 Å². The first-order chi connectivity index (χ1) is 6.07. The van der Waals surface area contributed by atoms with Gasteiger partial charge in [0.15, 0.2) is 0 Å². The van der Waals surface area contributed by atoms with Crippen molar-refractivity contribution in [1.82, 2.24) is 9.97 Å². The fraction of sp³-hybridized carbons (Fsp3) is 0.300. The summed E-state index contributed by atoms with van der Waals surface area (Å²) in [6.07, 6.45) is 1.71. The van der Waals surface area contributed by atoms with E-state index in [9.17, 15) is 0 Å². The van der Waals surface area contributed by atoms with Gasteiger partial charge in [-0.3, -0.25) is 0 Å². The van der Waals surface area contributed by atoms with Crippen LogP contribution >= 0.6 is 12.6 Å². The molecule has 68 valence electrons. The first-order valence-electron chi connectivity index (χ1n) is 4.23. The lowest BCUT2D eigenvalue weighted by Gasteiger charge is -2.17. The SMILES string of the molecule is CC(C)(S)c1ccc2nc[nH]c2c1. The molecule has 0 aliphatic rings. The molecule has 0 unspecified atom stereocenters. The molecule has 0 saturated carbocycles. The zero-order valence-corrected chi connectivity index (χ0v) is 8.60. The largest absolute Gasteiger partial charge is 0.345 e. The molecule has 0 bridgehead atoms. The summed E-state index contributed by atoms with van der Waals surface area (Å²) in [6, 6.07) is 6.17. The zero-order valence-electron chi connectivity index (χ0n) is 7.70. The van der Waals surface area contributed by atoms with E-state index in [0.717, 1.165) is 11.0 Å². The Hall–Kier alpha value is -0.960. The average Bonchev–Trinajstić information content (AvgIpc) is 2.47. The van der Waals surface area contributed by atoms with Crippen LogP contribution in [0.2, 0.25) is 0 Å². The van der Waals surface area contributed by atoms with Crippen LogP contribution in [0.1, 0.15) is 19.4 Å². The highest BCUT2D eigenvalue weighted by molar-refractivity contribution is 7.81. The Bertz CT molecular complexity index is 426. The minimum Gasteiger partial charge on any atom is -0.345 e. The van der Waals surface area contributed by atoms with Gasteiger partial charge in [0.25, 0.3) is 0 Å². The van der Waals surface area contributed by atoms with Gasteiger partial charge in [-0.25, -0.2) is 4.98 Å². The van der Waals surface area contributed by atoms with Crippen molar-refractivity contribution in [2.75, 3.05) is 0 Å². The van der Waals surface area contributed by atoms with Crippen LogP contribution in [0.4, 0.5) is 0 Å². The van der Waals surface area contributed by atoms with Crippen molar-refractivity contribution >= 4 is 23.7 Å². The van der Waals surface area contributed by atoms with Gasteiger partial charge < -0.3 is 4.98 Å². The Morgan fingerprint density at radius 1 is 1.38 bits per heavy atom. The maximum Gasteiger partial charge on any atom is 0.0931 e. The van der Waals surface area contributed by atoms with Crippen LogP contribution in [0, 0.1) is 0 Å². The number of aromatic amines is 1. The van der Waals surface area contributed by atoms with E-state index in [2.05, 4.69) is 48.6 Å². The summed E-state index contributed by atoms with van der Waals surface area (Å²) >= 11 is 4.52. The molecule has 0 spiro atoms. The van der Waals surface area contributed by atoms with E-state index in [-0.39, 0.29) is 4.75 Å². The van der Waals surface area contributed by atoms with Crippen molar-refractivity contribution < 1.29 is 0 Å². The molecule has 1 heterocycles. The number of H-pyrrole nitrogens is 1. The Balaban J connectivity index is 2.61. The Morgan fingerprint density at radius 2 is 2.15 bits per heavy atom. The predicted octanol–water partition coefficient (Wildman–Crippen LogP) is 2.73. The highest BCUT2D eigenvalue weighted by atomic mass is 32.1. The van der Waals surface area contributed by atoms with Gasteiger partial charge in [0.1, 0.15) is 0 Å². The molecule has 2 rings (SSSR count). The van der Waals surface area contributed by atoms with Gasteiger partial charge in [-0.15, -0.1) is 0 Å². The summed E-state index contributed by atoms with van der Waals surface area (Å²) in [5.41, 5.74) is 3.27. The standard InChI is InChI=1S/C10H12N2S/c1-10(2,13)7-3-4-8-9(5-7)12-6-11-8/h3-6,13H,1-2H3,(H,11,12). The fourth-order valence-electron chi connectivity index (χ4n) is 1.32. The number of nitrogens with zero attached hydrogens (tertiary/aromatic N) is 1. The summed E-state index contributed by atoms with van der Waals surface area (Å²) < 4.78 is -0.0979. The quantitative estimate of drug-likeness (QED) is 0.668. The van der Waals surface area contributed by atoms with Gasteiger partial charge in [-0.05, 0) is 31.5 Å². The van der Waals surface area contributed by atoms with Crippen molar-refractivity contribution in [3.8, 4) is 0 Å². The Morgan fingerprint density at radius 3 is 2.85 bits per heavy atom. The Kier molecular flexibility index (Phi) is 1.84. The smallest absolute Gasteiger partial charge is 0.0931 e. The molecule has 0 aliphatic heterocycles. The van der Waals surface area contributed by atoms with E-state index in [1.54, 1.807) is 6.33 Å². The van der Waals surface area contributed by atoms with Gasteiger partial charge in [0.05, 0.1) is 17.4 Å². The molecule has 13 heavy (non-hydrogen) atoms. The minimum atomic E-state index is -0.0979. The van der Waals surface area contributed by atoms with E-state index in [1.807, 2.05) is 6.07 Å². The van der Waals surface area contributed by atoms with E-state index in [4.69, 9.17) is 0 Å². The van der Waals surface area contributed by atoms with E-state index in [0.29, 0.717) is 0 Å². The molecule has 0 aliphatic carbocycles. The Labute approximate surface area is 82.8 Å². The van der Waals surface area contributed by atoms with Crippen LogP contribution in [0.3, 0.4) is 0 Å². The third-order valence-electron chi connectivity index (χ3n) is 2.13. The molecule has 0 fully saturated rings. The molecule has 0 atom stereocenters. The zero-order chi connectivity index (χ0) is 9.47. The first-order valence-corrected chi connectivity index (χ1v) is 4.68. The average molecular weight is 192 g/mol. The van der Waals surface area contributed by atoms with Crippen molar-refractivity contribution in [3.63, 3.8) is 0 Å². The van der Waals surface area contributed by atoms with Gasteiger partial charge in [-0.1, -0.05) is 6.07 Å². The van der Waals surface area contributed by atoms with Gasteiger partial charge in [-0.2, -0.15) is 12.6 Å². The van der Waals surface area contributed by atoms with Crippen molar-refractivity contribution in [2.24, 2.45) is 0 Å². The van der Waals surface area contributed by atoms with Gasteiger partial charge >= 0.3 is 0 Å². The lowest BCUT2D eigenvalue weighted by molar-refractivity contribution is 0.792. The third-order valence-corrected chi connectivity index (χ3v) is 2.38. The lowest BCUT2D eigenvalue weighted by atomic mass is 10.0. The lowest BCUT2D eigenvalue weighted by Crippen LogP contribution is -2.06. The summed E-state index contributed by atoms with van der Waals surface area (Å²) in [5.74, 6) is 0. The summed E-state index contributed by atoms with van der Waals surface area (Å²) in [5, 5.41) is 0. The van der Waals surface area contributed by atoms with E-state index >= 15 is 0 Å². The molecule has 0 amide bonds. The van der Waals surface area contributed by atoms with E-state index in [1.165, 1.54) is 5.56 Å². The summed E-state index contributed by atoms with van der Waals surface area (Å²) in [6.45, 7) is 4.15. The monoisotopic (exact) mass is 192 g/mol. The molecule has 0 radical (unpaired) electrons.